The van der Waals surface area contributed by atoms with E-state index in [0.717, 1.165) is 30.6 Å². The van der Waals surface area contributed by atoms with Crippen molar-refractivity contribution in [2.75, 3.05) is 18.5 Å². The summed E-state index contributed by atoms with van der Waals surface area (Å²) < 4.78 is 5.54. The van der Waals surface area contributed by atoms with E-state index in [1.807, 2.05) is 13.0 Å². The fraction of sp³-hybridized carbons (Fsp3) is 0.478. The Labute approximate surface area is 157 Å². The molecular weight excluding hydrogens is 322 g/mol. The van der Waals surface area contributed by atoms with Crippen molar-refractivity contribution in [3.8, 4) is 0 Å². The van der Waals surface area contributed by atoms with Gasteiger partial charge in [0.05, 0.1) is 0 Å². The number of rotatable bonds is 5. The van der Waals surface area contributed by atoms with E-state index >= 15 is 0 Å². The van der Waals surface area contributed by atoms with Gasteiger partial charge in [-0.25, -0.2) is 0 Å². The molecule has 1 aliphatic heterocycles. The van der Waals surface area contributed by atoms with Crippen molar-refractivity contribution in [1.29, 1.82) is 0 Å². The maximum absolute atomic E-state index is 10.6. The number of nitrogens with one attached hydrogen (secondary N) is 1. The van der Waals surface area contributed by atoms with Crippen LogP contribution in [0.25, 0.3) is 0 Å². The molecule has 2 unspecified atom stereocenters. The second-order valence-electron chi connectivity index (χ2n) is 8.25. The number of hydrogen-bond donors (Lipinski definition) is 2. The van der Waals surface area contributed by atoms with Crippen LogP contribution in [-0.4, -0.2) is 18.3 Å². The molecule has 0 radical (unpaired) electrons. The van der Waals surface area contributed by atoms with Crippen molar-refractivity contribution in [2.45, 2.75) is 52.7 Å². The zero-order valence-electron chi connectivity index (χ0n) is 16.4. The molecule has 1 heterocycles. The lowest BCUT2D eigenvalue weighted by Gasteiger charge is -2.38. The highest BCUT2D eigenvalue weighted by Crippen LogP contribution is 2.46. The smallest absolute Gasteiger partial charge is 0.183 e. The first-order valence-electron chi connectivity index (χ1n) is 9.64. The summed E-state index contributed by atoms with van der Waals surface area (Å²) in [5.74, 6) is 0.460. The molecule has 0 saturated heterocycles. The lowest BCUT2D eigenvalue weighted by atomic mass is 9.72. The van der Waals surface area contributed by atoms with E-state index in [1.54, 1.807) is 0 Å². The lowest BCUT2D eigenvalue weighted by Crippen LogP contribution is -2.28. The summed E-state index contributed by atoms with van der Waals surface area (Å²) in [5, 5.41) is 14.1. The van der Waals surface area contributed by atoms with Crippen LogP contribution < -0.4 is 5.32 Å². The van der Waals surface area contributed by atoms with Gasteiger partial charge in [-0.05, 0) is 53.9 Å². The van der Waals surface area contributed by atoms with Crippen LogP contribution in [0.4, 0.5) is 5.69 Å². The quantitative estimate of drug-likeness (QED) is 0.721. The fourth-order valence-corrected chi connectivity index (χ4v) is 4.00. The number of aliphatic hydroxyl groups excluding tert-OH is 1. The Bertz CT molecular complexity index is 734. The topological polar surface area (TPSA) is 41.5 Å². The first kappa shape index (κ1) is 18.9. The molecule has 3 nitrogen and oxygen atoms in total. The molecule has 2 atom stereocenters. The predicted molar refractivity (Wildman–Crippen MR) is 108 cm³/mol. The molecule has 0 aromatic heterocycles. The SMILES string of the molecule is CCOC(O)c1cc(Cc2ccccc2)cc2c1NCCC2C(C)(C)C. The number of aliphatic hydroxyl groups is 1. The molecule has 2 aromatic rings. The number of hydrogen-bond acceptors (Lipinski definition) is 3. The maximum Gasteiger partial charge on any atom is 0.183 e. The van der Waals surface area contributed by atoms with Crippen molar-refractivity contribution in [3.63, 3.8) is 0 Å². The molecule has 2 aromatic carbocycles. The van der Waals surface area contributed by atoms with E-state index in [-0.39, 0.29) is 5.41 Å². The van der Waals surface area contributed by atoms with Gasteiger partial charge in [-0.2, -0.15) is 0 Å². The van der Waals surface area contributed by atoms with Crippen molar-refractivity contribution >= 4 is 5.69 Å². The Hall–Kier alpha value is -1.84. The van der Waals surface area contributed by atoms with Gasteiger partial charge in [0.1, 0.15) is 0 Å². The summed E-state index contributed by atoms with van der Waals surface area (Å²) in [5.41, 5.74) is 5.92. The van der Waals surface area contributed by atoms with Crippen LogP contribution in [0, 0.1) is 5.41 Å². The summed E-state index contributed by atoms with van der Waals surface area (Å²) in [4.78, 5) is 0. The summed E-state index contributed by atoms with van der Waals surface area (Å²) in [7, 11) is 0. The molecule has 3 heteroatoms. The van der Waals surface area contributed by atoms with E-state index in [0.29, 0.717) is 12.5 Å². The number of ether oxygens (including phenoxy) is 1. The molecule has 0 bridgehead atoms. The third-order valence-corrected chi connectivity index (χ3v) is 5.26. The van der Waals surface area contributed by atoms with Crippen LogP contribution in [0.1, 0.15) is 68.6 Å². The molecule has 140 valence electrons. The molecule has 0 saturated carbocycles. The van der Waals surface area contributed by atoms with E-state index in [4.69, 9.17) is 4.74 Å². The summed E-state index contributed by atoms with van der Waals surface area (Å²) in [6.07, 6.45) is 1.07. The highest BCUT2D eigenvalue weighted by Gasteiger charge is 2.33. The molecule has 2 N–H and O–H groups in total. The Morgan fingerprint density at radius 1 is 1.15 bits per heavy atom. The van der Waals surface area contributed by atoms with Gasteiger partial charge in [0.25, 0.3) is 0 Å². The van der Waals surface area contributed by atoms with Crippen LogP contribution in [0.2, 0.25) is 0 Å². The van der Waals surface area contributed by atoms with Crippen LogP contribution in [0.5, 0.6) is 0 Å². The van der Waals surface area contributed by atoms with Gasteiger partial charge in [0, 0.05) is 24.4 Å². The largest absolute Gasteiger partial charge is 0.384 e. The first-order valence-corrected chi connectivity index (χ1v) is 9.64. The monoisotopic (exact) mass is 353 g/mol. The number of anilines is 1. The Kier molecular flexibility index (Phi) is 5.69. The Morgan fingerprint density at radius 2 is 1.88 bits per heavy atom. The normalized spacial score (nSPS) is 18.1. The standard InChI is InChI=1S/C23H31NO2/c1-5-26-22(25)19-15-17(13-16-9-7-6-8-10-16)14-18-20(23(2,3)4)11-12-24-21(18)19/h6-10,14-15,20,22,24-25H,5,11-13H2,1-4H3. The third kappa shape index (κ3) is 4.11. The molecule has 3 rings (SSSR count). The van der Waals surface area contributed by atoms with E-state index < -0.39 is 6.29 Å². The lowest BCUT2D eigenvalue weighted by molar-refractivity contribution is -0.0976. The second-order valence-corrected chi connectivity index (χ2v) is 8.25. The van der Waals surface area contributed by atoms with Crippen molar-refractivity contribution < 1.29 is 9.84 Å². The highest BCUT2D eigenvalue weighted by atomic mass is 16.6. The van der Waals surface area contributed by atoms with E-state index in [1.165, 1.54) is 16.7 Å². The minimum atomic E-state index is -0.893. The van der Waals surface area contributed by atoms with Crippen LogP contribution in [0.3, 0.4) is 0 Å². The Balaban J connectivity index is 2.07. The summed E-state index contributed by atoms with van der Waals surface area (Å²) >= 11 is 0. The van der Waals surface area contributed by atoms with Crippen molar-refractivity contribution in [2.24, 2.45) is 5.41 Å². The molecule has 26 heavy (non-hydrogen) atoms. The van der Waals surface area contributed by atoms with Crippen LogP contribution in [0.15, 0.2) is 42.5 Å². The highest BCUT2D eigenvalue weighted by molar-refractivity contribution is 5.63. The molecule has 0 amide bonds. The van der Waals surface area contributed by atoms with Crippen LogP contribution in [-0.2, 0) is 11.2 Å². The summed E-state index contributed by atoms with van der Waals surface area (Å²) in [6, 6.07) is 14.9. The maximum atomic E-state index is 10.6. The fourth-order valence-electron chi connectivity index (χ4n) is 4.00. The Morgan fingerprint density at radius 3 is 2.54 bits per heavy atom. The molecule has 0 aliphatic carbocycles. The van der Waals surface area contributed by atoms with Crippen LogP contribution >= 0.6 is 0 Å². The third-order valence-electron chi connectivity index (χ3n) is 5.26. The van der Waals surface area contributed by atoms with Gasteiger partial charge in [-0.1, -0.05) is 57.2 Å². The second kappa shape index (κ2) is 7.81. The minimum absolute atomic E-state index is 0.177. The van der Waals surface area contributed by atoms with Gasteiger partial charge in [-0.15, -0.1) is 0 Å². The number of benzene rings is 2. The van der Waals surface area contributed by atoms with Gasteiger partial charge < -0.3 is 15.2 Å². The van der Waals surface area contributed by atoms with Crippen molar-refractivity contribution in [1.82, 2.24) is 0 Å². The average molecular weight is 354 g/mol. The average Bonchev–Trinajstić information content (AvgIpc) is 2.61. The predicted octanol–water partition coefficient (Wildman–Crippen LogP) is 5.25. The molecule has 1 aliphatic rings. The first-order chi connectivity index (χ1) is 12.4. The number of fused-ring (bicyclic) bond motifs is 1. The van der Waals surface area contributed by atoms with Crippen molar-refractivity contribution in [3.05, 3.63) is 64.7 Å². The van der Waals surface area contributed by atoms with E-state index in [9.17, 15) is 5.11 Å². The molecular formula is C23H31NO2. The van der Waals surface area contributed by atoms with Gasteiger partial charge in [-0.3, -0.25) is 0 Å². The minimum Gasteiger partial charge on any atom is -0.384 e. The van der Waals surface area contributed by atoms with Gasteiger partial charge in [0.2, 0.25) is 0 Å². The van der Waals surface area contributed by atoms with E-state index in [2.05, 4.69) is 62.5 Å². The van der Waals surface area contributed by atoms with Gasteiger partial charge in [0.15, 0.2) is 6.29 Å². The summed E-state index contributed by atoms with van der Waals surface area (Å²) in [6.45, 7) is 10.2. The zero-order chi connectivity index (χ0) is 18.7. The zero-order valence-corrected chi connectivity index (χ0v) is 16.4. The molecule has 0 fully saturated rings. The molecule has 0 spiro atoms. The van der Waals surface area contributed by atoms with Gasteiger partial charge >= 0.3 is 0 Å².